The molecule has 1 aromatic carbocycles. The van der Waals surface area contributed by atoms with E-state index in [1.807, 2.05) is 30.6 Å². The molecule has 29 heavy (non-hydrogen) atoms. The fraction of sp³-hybridized carbons (Fsp3) is 0.381. The average molecular weight is 395 g/mol. The maximum absolute atomic E-state index is 5.67. The van der Waals surface area contributed by atoms with Crippen molar-refractivity contribution in [3.63, 3.8) is 0 Å². The van der Waals surface area contributed by atoms with E-state index in [9.17, 15) is 0 Å². The van der Waals surface area contributed by atoms with Gasteiger partial charge < -0.3 is 23.7 Å². The van der Waals surface area contributed by atoms with E-state index in [0.29, 0.717) is 23.3 Å². The maximum atomic E-state index is 5.67. The number of ether oxygens (including phenoxy) is 3. The van der Waals surface area contributed by atoms with Crippen LogP contribution in [0.1, 0.15) is 18.9 Å². The molecule has 0 atom stereocenters. The number of rotatable bonds is 6. The van der Waals surface area contributed by atoms with E-state index in [1.54, 1.807) is 33.7 Å². The number of aromatic nitrogens is 4. The lowest BCUT2D eigenvalue weighted by molar-refractivity contribution is 0.324. The van der Waals surface area contributed by atoms with Crippen molar-refractivity contribution in [1.82, 2.24) is 19.5 Å². The van der Waals surface area contributed by atoms with Crippen LogP contribution in [0, 0.1) is 0 Å². The molecule has 0 aliphatic carbocycles. The van der Waals surface area contributed by atoms with Gasteiger partial charge in [-0.05, 0) is 31.0 Å². The van der Waals surface area contributed by atoms with Gasteiger partial charge in [0.25, 0.3) is 0 Å². The summed E-state index contributed by atoms with van der Waals surface area (Å²) in [5.74, 6) is 3.46. The number of nitrogens with zero attached hydrogens (tertiary/aromatic N) is 5. The summed E-state index contributed by atoms with van der Waals surface area (Å²) in [5, 5.41) is 0. The summed E-state index contributed by atoms with van der Waals surface area (Å²) in [7, 11) is 4.85. The number of benzene rings is 1. The van der Waals surface area contributed by atoms with Gasteiger partial charge in [-0.1, -0.05) is 0 Å². The van der Waals surface area contributed by atoms with Crippen molar-refractivity contribution < 1.29 is 14.2 Å². The summed E-state index contributed by atoms with van der Waals surface area (Å²) >= 11 is 0. The Hall–Kier alpha value is -3.29. The zero-order chi connectivity index (χ0) is 20.2. The molecule has 152 valence electrons. The molecule has 0 saturated carbocycles. The van der Waals surface area contributed by atoms with Gasteiger partial charge in [-0.15, -0.1) is 0 Å². The third-order valence-corrected chi connectivity index (χ3v) is 5.31. The van der Waals surface area contributed by atoms with E-state index in [-0.39, 0.29) is 0 Å². The molecule has 1 aliphatic heterocycles. The summed E-state index contributed by atoms with van der Waals surface area (Å²) in [4.78, 5) is 15.6. The molecule has 0 radical (unpaired) electrons. The van der Waals surface area contributed by atoms with Crippen LogP contribution < -0.4 is 19.1 Å². The van der Waals surface area contributed by atoms with Crippen molar-refractivity contribution in [3.8, 4) is 28.6 Å². The fourth-order valence-electron chi connectivity index (χ4n) is 3.89. The number of imidazole rings is 1. The summed E-state index contributed by atoms with van der Waals surface area (Å²) in [5.41, 5.74) is 0.879. The smallest absolute Gasteiger partial charge is 0.225 e. The Balaban J connectivity index is 1.60. The molecule has 8 nitrogen and oxygen atoms in total. The van der Waals surface area contributed by atoms with Crippen molar-refractivity contribution in [2.24, 2.45) is 0 Å². The first-order valence-corrected chi connectivity index (χ1v) is 9.61. The molecule has 2 aromatic heterocycles. The molecule has 0 unspecified atom stereocenters. The molecule has 0 N–H and O–H groups in total. The highest BCUT2D eigenvalue weighted by molar-refractivity contribution is 5.72. The van der Waals surface area contributed by atoms with Gasteiger partial charge >= 0.3 is 0 Å². The minimum Gasteiger partial charge on any atom is -0.493 e. The van der Waals surface area contributed by atoms with Crippen LogP contribution in [0.5, 0.6) is 17.2 Å². The van der Waals surface area contributed by atoms with E-state index < -0.39 is 0 Å². The number of anilines is 1. The Kier molecular flexibility index (Phi) is 5.50. The molecular weight excluding hydrogens is 370 g/mol. The predicted molar refractivity (Wildman–Crippen MR) is 110 cm³/mol. The first kappa shape index (κ1) is 19.0. The Labute approximate surface area is 170 Å². The first-order chi connectivity index (χ1) is 14.3. The van der Waals surface area contributed by atoms with Crippen LogP contribution in [0.3, 0.4) is 0 Å². The van der Waals surface area contributed by atoms with Gasteiger partial charge in [0, 0.05) is 43.9 Å². The number of hydrogen-bond donors (Lipinski definition) is 0. The van der Waals surface area contributed by atoms with Gasteiger partial charge in [0.2, 0.25) is 11.7 Å². The lowest BCUT2D eigenvalue weighted by Crippen LogP contribution is -2.35. The van der Waals surface area contributed by atoms with Gasteiger partial charge in [-0.2, -0.15) is 0 Å². The number of methoxy groups -OCH3 is 3. The molecule has 1 saturated heterocycles. The second-order valence-electron chi connectivity index (χ2n) is 6.81. The second kappa shape index (κ2) is 8.38. The minimum absolute atomic E-state index is 0.338. The Morgan fingerprint density at radius 2 is 1.59 bits per heavy atom. The van der Waals surface area contributed by atoms with Crippen LogP contribution in [-0.4, -0.2) is 53.9 Å². The Morgan fingerprint density at radius 1 is 0.862 bits per heavy atom. The summed E-state index contributed by atoms with van der Waals surface area (Å²) in [6.07, 6.45) is 9.40. The molecule has 4 rings (SSSR count). The fourth-order valence-corrected chi connectivity index (χ4v) is 3.89. The van der Waals surface area contributed by atoms with E-state index in [4.69, 9.17) is 14.2 Å². The predicted octanol–water partition coefficient (Wildman–Crippen LogP) is 3.21. The maximum Gasteiger partial charge on any atom is 0.225 e. The van der Waals surface area contributed by atoms with Crippen LogP contribution in [0.4, 0.5) is 5.95 Å². The van der Waals surface area contributed by atoms with Gasteiger partial charge in [-0.3, -0.25) is 0 Å². The molecule has 0 spiro atoms. The topological polar surface area (TPSA) is 74.5 Å². The van der Waals surface area contributed by atoms with Gasteiger partial charge in [0.1, 0.15) is 5.82 Å². The summed E-state index contributed by atoms with van der Waals surface area (Å²) in [6.45, 7) is 1.80. The van der Waals surface area contributed by atoms with E-state index in [1.165, 1.54) is 0 Å². The Morgan fingerprint density at radius 3 is 2.24 bits per heavy atom. The van der Waals surface area contributed by atoms with Crippen LogP contribution in [-0.2, 0) is 0 Å². The third-order valence-electron chi connectivity index (χ3n) is 5.31. The largest absolute Gasteiger partial charge is 0.493 e. The van der Waals surface area contributed by atoms with Crippen molar-refractivity contribution in [3.05, 3.63) is 43.0 Å². The second-order valence-corrected chi connectivity index (χ2v) is 6.81. The van der Waals surface area contributed by atoms with Crippen molar-refractivity contribution in [2.75, 3.05) is 39.3 Å². The highest BCUT2D eigenvalue weighted by atomic mass is 16.5. The van der Waals surface area contributed by atoms with E-state index in [0.717, 1.165) is 43.3 Å². The standard InChI is InChI=1S/C21H25N5O3/c1-27-17-6-5-16(18(28-2)19(17)29-3)20-22-11-14-26(20)15-7-12-25(13-8-15)21-23-9-4-10-24-21/h4-6,9-11,14-15H,7-8,12-13H2,1-3H3. The average Bonchev–Trinajstić information content (AvgIpc) is 3.28. The molecule has 1 fully saturated rings. The lowest BCUT2D eigenvalue weighted by atomic mass is 10.0. The van der Waals surface area contributed by atoms with E-state index >= 15 is 0 Å². The SMILES string of the molecule is COc1ccc(-c2nccn2C2CCN(c3ncccn3)CC2)c(OC)c1OC. The van der Waals surface area contributed by atoms with Gasteiger partial charge in [-0.25, -0.2) is 15.0 Å². The molecule has 3 aromatic rings. The molecule has 8 heteroatoms. The molecule has 0 bridgehead atoms. The van der Waals surface area contributed by atoms with E-state index in [2.05, 4.69) is 24.4 Å². The number of piperidine rings is 1. The van der Waals surface area contributed by atoms with Crippen LogP contribution in [0.15, 0.2) is 43.0 Å². The summed E-state index contributed by atoms with van der Waals surface area (Å²) in [6, 6.07) is 6.02. The molecular formula is C21H25N5O3. The highest BCUT2D eigenvalue weighted by Gasteiger charge is 2.26. The zero-order valence-electron chi connectivity index (χ0n) is 16.9. The monoisotopic (exact) mass is 395 g/mol. The molecule has 1 aliphatic rings. The molecule has 3 heterocycles. The first-order valence-electron chi connectivity index (χ1n) is 9.61. The normalized spacial score (nSPS) is 14.7. The van der Waals surface area contributed by atoms with Crippen LogP contribution >= 0.6 is 0 Å². The van der Waals surface area contributed by atoms with Crippen LogP contribution in [0.2, 0.25) is 0 Å². The highest BCUT2D eigenvalue weighted by Crippen LogP contribution is 2.44. The van der Waals surface area contributed by atoms with Crippen molar-refractivity contribution in [2.45, 2.75) is 18.9 Å². The minimum atomic E-state index is 0.338. The van der Waals surface area contributed by atoms with Crippen molar-refractivity contribution in [1.29, 1.82) is 0 Å². The summed E-state index contributed by atoms with van der Waals surface area (Å²) < 4.78 is 18.8. The molecule has 0 amide bonds. The van der Waals surface area contributed by atoms with Gasteiger partial charge in [0.15, 0.2) is 11.5 Å². The van der Waals surface area contributed by atoms with Crippen LogP contribution in [0.25, 0.3) is 11.4 Å². The third kappa shape index (κ3) is 3.57. The Bertz CT molecular complexity index is 952. The van der Waals surface area contributed by atoms with Gasteiger partial charge in [0.05, 0.1) is 26.9 Å². The van der Waals surface area contributed by atoms with Crippen molar-refractivity contribution >= 4 is 5.95 Å². The quantitative estimate of drug-likeness (QED) is 0.634. The lowest BCUT2D eigenvalue weighted by Gasteiger charge is -2.33. The zero-order valence-corrected chi connectivity index (χ0v) is 16.9. The number of hydrogen-bond acceptors (Lipinski definition) is 7.